The first-order valence-electron chi connectivity index (χ1n) is 12.7. The fraction of sp³-hybridized carbons (Fsp3) is 0.345. The summed E-state index contributed by atoms with van der Waals surface area (Å²) < 4.78 is 5.69. The predicted octanol–water partition coefficient (Wildman–Crippen LogP) is 6.31. The molecule has 0 spiro atoms. The van der Waals surface area contributed by atoms with E-state index < -0.39 is 0 Å². The molecule has 1 amide bonds. The molecule has 0 unspecified atom stereocenters. The number of carbonyl (C=O) groups excluding carboxylic acids is 1. The van der Waals surface area contributed by atoms with Gasteiger partial charge in [-0.2, -0.15) is 4.80 Å². The molecule has 4 rings (SSSR count). The van der Waals surface area contributed by atoms with E-state index in [1.54, 1.807) is 16.9 Å². The van der Waals surface area contributed by atoms with Crippen LogP contribution in [0.1, 0.15) is 55.1 Å². The van der Waals surface area contributed by atoms with Crippen molar-refractivity contribution < 1.29 is 9.53 Å². The Morgan fingerprint density at radius 2 is 1.61 bits per heavy atom. The minimum absolute atomic E-state index is 0.173. The van der Waals surface area contributed by atoms with E-state index in [4.69, 9.17) is 14.9 Å². The Balaban J connectivity index is 1.53. The summed E-state index contributed by atoms with van der Waals surface area (Å²) >= 11 is 0. The number of benzene rings is 3. The summed E-state index contributed by atoms with van der Waals surface area (Å²) in [6, 6.07) is 17.4. The summed E-state index contributed by atoms with van der Waals surface area (Å²) in [6.45, 7) is 13.1. The maximum atomic E-state index is 12.9. The molecule has 0 radical (unpaired) electrons. The van der Waals surface area contributed by atoms with Crippen molar-refractivity contribution in [2.24, 2.45) is 0 Å². The molecule has 0 atom stereocenters. The van der Waals surface area contributed by atoms with Crippen LogP contribution in [0.2, 0.25) is 0 Å². The Kier molecular flexibility index (Phi) is 7.88. The molecular formula is C29H35N5O2. The van der Waals surface area contributed by atoms with Crippen LogP contribution < -0.4 is 15.0 Å². The van der Waals surface area contributed by atoms with Gasteiger partial charge in [-0.3, -0.25) is 4.79 Å². The van der Waals surface area contributed by atoms with Crippen LogP contribution in [0.5, 0.6) is 5.75 Å². The van der Waals surface area contributed by atoms with E-state index >= 15 is 0 Å². The van der Waals surface area contributed by atoms with Gasteiger partial charge < -0.3 is 15.0 Å². The number of unbranched alkanes of at least 4 members (excludes halogenated alkanes) is 1. The summed E-state index contributed by atoms with van der Waals surface area (Å²) in [5, 5.41) is 12.4. The molecule has 188 valence electrons. The van der Waals surface area contributed by atoms with E-state index in [0.29, 0.717) is 12.2 Å². The zero-order valence-electron chi connectivity index (χ0n) is 21.8. The average molecular weight is 486 g/mol. The molecule has 0 saturated heterocycles. The van der Waals surface area contributed by atoms with Gasteiger partial charge in [-0.1, -0.05) is 13.3 Å². The molecule has 4 aromatic rings. The van der Waals surface area contributed by atoms with Crippen LogP contribution in [0, 0.1) is 13.8 Å². The van der Waals surface area contributed by atoms with Crippen molar-refractivity contribution in [1.82, 2.24) is 15.0 Å². The van der Waals surface area contributed by atoms with Crippen molar-refractivity contribution in [2.45, 2.75) is 47.5 Å². The summed E-state index contributed by atoms with van der Waals surface area (Å²) in [6.07, 6.45) is 2.09. The smallest absolute Gasteiger partial charge is 0.255 e. The van der Waals surface area contributed by atoms with Crippen LogP contribution in [0.15, 0.2) is 54.6 Å². The number of amides is 1. The van der Waals surface area contributed by atoms with Crippen molar-refractivity contribution in [3.05, 3.63) is 71.3 Å². The Morgan fingerprint density at radius 3 is 2.25 bits per heavy atom. The number of ether oxygens (including phenoxy) is 1. The number of aromatic nitrogens is 3. The highest BCUT2D eigenvalue weighted by molar-refractivity contribution is 6.05. The van der Waals surface area contributed by atoms with Gasteiger partial charge in [-0.25, -0.2) is 0 Å². The molecule has 1 N–H and O–H groups in total. The first-order chi connectivity index (χ1) is 17.4. The predicted molar refractivity (Wildman–Crippen MR) is 147 cm³/mol. The normalized spacial score (nSPS) is 11.0. The minimum Gasteiger partial charge on any atom is -0.494 e. The molecule has 36 heavy (non-hydrogen) atoms. The van der Waals surface area contributed by atoms with Crippen molar-refractivity contribution in [3.63, 3.8) is 0 Å². The number of hydrogen-bond acceptors (Lipinski definition) is 5. The molecule has 1 aromatic heterocycles. The highest BCUT2D eigenvalue weighted by Gasteiger charge is 2.14. The fourth-order valence-electron chi connectivity index (χ4n) is 4.19. The number of anilines is 2. The third-order valence-corrected chi connectivity index (χ3v) is 6.38. The number of rotatable bonds is 10. The maximum absolute atomic E-state index is 12.9. The summed E-state index contributed by atoms with van der Waals surface area (Å²) in [5.41, 5.74) is 6.96. The van der Waals surface area contributed by atoms with Crippen molar-refractivity contribution in [2.75, 3.05) is 29.9 Å². The van der Waals surface area contributed by atoms with Crippen molar-refractivity contribution >= 4 is 28.3 Å². The van der Waals surface area contributed by atoms with Crippen LogP contribution in [0.3, 0.4) is 0 Å². The van der Waals surface area contributed by atoms with Gasteiger partial charge in [-0.05, 0) is 99.8 Å². The molecule has 1 heterocycles. The average Bonchev–Trinajstić information content (AvgIpc) is 3.28. The number of nitrogens with zero attached hydrogens (tertiary/aromatic N) is 4. The van der Waals surface area contributed by atoms with Crippen LogP contribution in [0.25, 0.3) is 16.7 Å². The van der Waals surface area contributed by atoms with Gasteiger partial charge in [-0.15, -0.1) is 10.2 Å². The highest BCUT2D eigenvalue weighted by atomic mass is 16.5. The van der Waals surface area contributed by atoms with Gasteiger partial charge in [0.2, 0.25) is 0 Å². The first kappa shape index (κ1) is 25.2. The summed E-state index contributed by atoms with van der Waals surface area (Å²) in [4.78, 5) is 16.9. The van der Waals surface area contributed by atoms with Gasteiger partial charge in [0, 0.05) is 30.0 Å². The first-order valence-corrected chi connectivity index (χ1v) is 12.7. The fourth-order valence-corrected chi connectivity index (χ4v) is 4.19. The molecule has 7 nitrogen and oxygen atoms in total. The van der Waals surface area contributed by atoms with Gasteiger partial charge in [0.05, 0.1) is 12.3 Å². The van der Waals surface area contributed by atoms with Crippen LogP contribution in [-0.4, -0.2) is 40.6 Å². The SMILES string of the molecule is CCCCOc1ccc(C(=O)Nc2cc3nn(-c4ccc(N(CC)CC)cc4C)nc3cc2C)cc1. The number of carbonyl (C=O) groups is 1. The van der Waals surface area contributed by atoms with Crippen LogP contribution in [-0.2, 0) is 0 Å². The molecule has 7 heteroatoms. The van der Waals surface area contributed by atoms with Crippen LogP contribution >= 0.6 is 0 Å². The standard InChI is InChI=1S/C29H35N5O2/c1-6-9-16-36-24-13-10-22(11-14-24)29(35)30-25-19-27-26(18-20(25)4)31-34(32-27)28-15-12-23(17-21(28)5)33(7-2)8-3/h10-15,17-19H,6-9,16H2,1-5H3,(H,30,35). The molecule has 0 fully saturated rings. The molecule has 0 saturated carbocycles. The van der Waals surface area contributed by atoms with Gasteiger partial charge in [0.25, 0.3) is 5.91 Å². The van der Waals surface area contributed by atoms with E-state index in [1.807, 2.05) is 31.2 Å². The highest BCUT2D eigenvalue weighted by Crippen LogP contribution is 2.25. The summed E-state index contributed by atoms with van der Waals surface area (Å²) in [5.74, 6) is 0.599. The summed E-state index contributed by atoms with van der Waals surface area (Å²) in [7, 11) is 0. The molecule has 3 aromatic carbocycles. The van der Waals surface area contributed by atoms with Gasteiger partial charge >= 0.3 is 0 Å². The van der Waals surface area contributed by atoms with E-state index in [0.717, 1.165) is 65.2 Å². The second-order valence-corrected chi connectivity index (χ2v) is 8.97. The van der Waals surface area contributed by atoms with Gasteiger partial charge in [0.15, 0.2) is 0 Å². The minimum atomic E-state index is -0.173. The topological polar surface area (TPSA) is 72.3 Å². The number of aryl methyl sites for hydroxylation is 2. The third kappa shape index (κ3) is 5.51. The second kappa shape index (κ2) is 11.2. The lowest BCUT2D eigenvalue weighted by atomic mass is 10.1. The van der Waals surface area contributed by atoms with E-state index in [2.05, 4.69) is 56.1 Å². The monoisotopic (exact) mass is 485 g/mol. The van der Waals surface area contributed by atoms with Crippen LogP contribution in [0.4, 0.5) is 11.4 Å². The Morgan fingerprint density at radius 1 is 0.917 bits per heavy atom. The molecular weight excluding hydrogens is 450 g/mol. The van der Waals surface area contributed by atoms with Crippen molar-refractivity contribution in [3.8, 4) is 11.4 Å². The Hall–Kier alpha value is -3.87. The lowest BCUT2D eigenvalue weighted by Crippen LogP contribution is -2.21. The van der Waals surface area contributed by atoms with E-state index in [9.17, 15) is 4.79 Å². The second-order valence-electron chi connectivity index (χ2n) is 8.97. The van der Waals surface area contributed by atoms with E-state index in [1.165, 1.54) is 5.69 Å². The number of fused-ring (bicyclic) bond motifs is 1. The van der Waals surface area contributed by atoms with Gasteiger partial charge in [0.1, 0.15) is 16.8 Å². The molecule has 0 aliphatic rings. The largest absolute Gasteiger partial charge is 0.494 e. The zero-order valence-corrected chi connectivity index (χ0v) is 21.8. The molecule has 0 bridgehead atoms. The quantitative estimate of drug-likeness (QED) is 0.266. The lowest BCUT2D eigenvalue weighted by Gasteiger charge is -2.22. The van der Waals surface area contributed by atoms with E-state index in [-0.39, 0.29) is 5.91 Å². The number of nitrogens with one attached hydrogen (secondary N) is 1. The third-order valence-electron chi connectivity index (χ3n) is 6.38. The number of hydrogen-bond donors (Lipinski definition) is 1. The molecule has 0 aliphatic heterocycles. The Bertz CT molecular complexity index is 1340. The Labute approximate surface area is 213 Å². The maximum Gasteiger partial charge on any atom is 0.255 e. The molecule has 0 aliphatic carbocycles. The van der Waals surface area contributed by atoms with Crippen molar-refractivity contribution in [1.29, 1.82) is 0 Å². The zero-order chi connectivity index (χ0) is 25.7. The lowest BCUT2D eigenvalue weighted by molar-refractivity contribution is 0.102.